The number of hydrogen-bond acceptors (Lipinski definition) is 3. The van der Waals surface area contributed by atoms with Crippen LogP contribution in [0.2, 0.25) is 0 Å². The lowest BCUT2D eigenvalue weighted by Gasteiger charge is -2.36. The van der Waals surface area contributed by atoms with Crippen LogP contribution in [0.3, 0.4) is 0 Å². The lowest BCUT2D eigenvalue weighted by Crippen LogP contribution is -2.49. The first-order valence-electron chi connectivity index (χ1n) is 8.49. The summed E-state index contributed by atoms with van der Waals surface area (Å²) in [5.74, 6) is 0.196. The second-order valence-corrected chi connectivity index (χ2v) is 6.65. The normalized spacial score (nSPS) is 27.1. The zero-order chi connectivity index (χ0) is 15.5. The van der Waals surface area contributed by atoms with Gasteiger partial charge >= 0.3 is 0 Å². The first-order chi connectivity index (χ1) is 10.7. The van der Waals surface area contributed by atoms with Crippen LogP contribution in [0.1, 0.15) is 32.6 Å². The quantitative estimate of drug-likeness (QED) is 0.906. The summed E-state index contributed by atoms with van der Waals surface area (Å²) in [5, 5.41) is 3.67. The van der Waals surface area contributed by atoms with Gasteiger partial charge in [-0.05, 0) is 51.8 Å². The van der Waals surface area contributed by atoms with E-state index in [1.165, 1.54) is 25.7 Å². The molecule has 22 heavy (non-hydrogen) atoms. The molecule has 4 nitrogen and oxygen atoms in total. The molecule has 1 N–H and O–H groups in total. The Bertz CT molecular complexity index is 492. The molecule has 1 aromatic rings. The van der Waals surface area contributed by atoms with E-state index < -0.39 is 0 Å². The minimum Gasteiger partial charge on any atom is -0.312 e. The summed E-state index contributed by atoms with van der Waals surface area (Å²) in [6.07, 6.45) is 4.96. The van der Waals surface area contributed by atoms with Crippen molar-refractivity contribution in [1.82, 2.24) is 10.2 Å². The summed E-state index contributed by atoms with van der Waals surface area (Å²) < 4.78 is 0. The number of benzene rings is 1. The lowest BCUT2D eigenvalue weighted by molar-refractivity contribution is -0.120. The number of hydrogen-bond donors (Lipinski definition) is 1. The maximum Gasteiger partial charge on any atom is 0.241 e. The molecule has 2 unspecified atom stereocenters. The van der Waals surface area contributed by atoms with Crippen LogP contribution in [0.4, 0.5) is 5.69 Å². The van der Waals surface area contributed by atoms with Gasteiger partial charge in [0.05, 0.1) is 6.54 Å². The third kappa shape index (κ3) is 3.33. The Labute approximate surface area is 133 Å². The molecule has 2 atom stereocenters. The highest BCUT2D eigenvalue weighted by Gasteiger charge is 2.35. The van der Waals surface area contributed by atoms with Gasteiger partial charge in [-0.2, -0.15) is 0 Å². The van der Waals surface area contributed by atoms with Gasteiger partial charge in [-0.25, -0.2) is 0 Å². The van der Waals surface area contributed by atoms with Gasteiger partial charge in [-0.15, -0.1) is 0 Å². The Morgan fingerprint density at radius 1 is 1.18 bits per heavy atom. The average molecular weight is 301 g/mol. The van der Waals surface area contributed by atoms with Crippen LogP contribution in [-0.4, -0.2) is 49.1 Å². The minimum atomic E-state index is 0.196. The van der Waals surface area contributed by atoms with Crippen LogP contribution in [0.15, 0.2) is 30.3 Å². The fraction of sp³-hybridized carbons (Fsp3) is 0.611. The van der Waals surface area contributed by atoms with Crippen LogP contribution in [-0.2, 0) is 4.79 Å². The minimum absolute atomic E-state index is 0.196. The molecule has 0 aliphatic carbocycles. The van der Waals surface area contributed by atoms with E-state index in [0.717, 1.165) is 5.69 Å². The number of fused-ring (bicyclic) bond motifs is 2. The van der Waals surface area contributed by atoms with E-state index >= 15 is 0 Å². The number of carbonyl (C=O) groups excluding carboxylic acids is 1. The summed E-state index contributed by atoms with van der Waals surface area (Å²) >= 11 is 0. The standard InChI is InChI=1S/C18H27N3O/c1-3-21(16-7-5-4-6-8-16)18(22)13-20(2)17-11-14-9-10-15(12-17)19-14/h4-8,14-15,17,19H,3,9-13H2,1-2H3. The highest BCUT2D eigenvalue weighted by Crippen LogP contribution is 2.29. The average Bonchev–Trinajstić information content (AvgIpc) is 2.87. The van der Waals surface area contributed by atoms with Crippen molar-refractivity contribution in [2.45, 2.75) is 50.7 Å². The zero-order valence-electron chi connectivity index (χ0n) is 13.7. The summed E-state index contributed by atoms with van der Waals surface area (Å²) in [6, 6.07) is 11.8. The number of para-hydroxylation sites is 1. The van der Waals surface area contributed by atoms with Crippen LogP contribution < -0.4 is 10.2 Å². The molecule has 3 rings (SSSR count). The first-order valence-corrected chi connectivity index (χ1v) is 8.49. The van der Waals surface area contributed by atoms with E-state index in [1.54, 1.807) is 0 Å². The van der Waals surface area contributed by atoms with Gasteiger partial charge in [0.25, 0.3) is 0 Å². The Balaban J connectivity index is 1.60. The second kappa shape index (κ2) is 6.80. The monoisotopic (exact) mass is 301 g/mol. The Morgan fingerprint density at radius 2 is 1.82 bits per heavy atom. The van der Waals surface area contributed by atoms with Gasteiger partial charge in [0.2, 0.25) is 5.91 Å². The van der Waals surface area contributed by atoms with Crippen LogP contribution in [0, 0.1) is 0 Å². The predicted molar refractivity (Wildman–Crippen MR) is 90.1 cm³/mol. The van der Waals surface area contributed by atoms with Crippen molar-refractivity contribution in [3.05, 3.63) is 30.3 Å². The van der Waals surface area contributed by atoms with Crippen molar-refractivity contribution in [1.29, 1.82) is 0 Å². The fourth-order valence-electron chi connectivity index (χ4n) is 3.93. The van der Waals surface area contributed by atoms with E-state index in [9.17, 15) is 4.79 Å². The number of rotatable bonds is 5. The van der Waals surface area contributed by atoms with Gasteiger partial charge in [0.1, 0.15) is 0 Å². The Kier molecular flexibility index (Phi) is 4.79. The molecule has 120 valence electrons. The molecule has 2 fully saturated rings. The first kappa shape index (κ1) is 15.5. The Hall–Kier alpha value is -1.39. The van der Waals surface area contributed by atoms with Crippen molar-refractivity contribution in [3.63, 3.8) is 0 Å². The number of nitrogens with one attached hydrogen (secondary N) is 1. The maximum absolute atomic E-state index is 12.7. The summed E-state index contributed by atoms with van der Waals surface area (Å²) in [6.45, 7) is 3.26. The van der Waals surface area contributed by atoms with Gasteiger partial charge in [0, 0.05) is 30.4 Å². The van der Waals surface area contributed by atoms with Crippen molar-refractivity contribution in [3.8, 4) is 0 Å². The van der Waals surface area contributed by atoms with Crippen molar-refractivity contribution < 1.29 is 4.79 Å². The summed E-state index contributed by atoms with van der Waals surface area (Å²) in [5.41, 5.74) is 0.994. The molecular weight excluding hydrogens is 274 g/mol. The van der Waals surface area contributed by atoms with E-state index in [0.29, 0.717) is 31.2 Å². The molecule has 2 aliphatic rings. The third-order valence-electron chi connectivity index (χ3n) is 5.14. The second-order valence-electron chi connectivity index (χ2n) is 6.65. The van der Waals surface area contributed by atoms with Gasteiger partial charge in [-0.3, -0.25) is 9.69 Å². The van der Waals surface area contributed by atoms with Gasteiger partial charge < -0.3 is 10.2 Å². The van der Waals surface area contributed by atoms with Crippen molar-refractivity contribution in [2.24, 2.45) is 0 Å². The van der Waals surface area contributed by atoms with Crippen LogP contribution >= 0.6 is 0 Å². The highest BCUT2D eigenvalue weighted by molar-refractivity contribution is 5.94. The van der Waals surface area contributed by atoms with Gasteiger partial charge in [0.15, 0.2) is 0 Å². The number of nitrogens with zero attached hydrogens (tertiary/aromatic N) is 2. The van der Waals surface area contributed by atoms with Gasteiger partial charge in [-0.1, -0.05) is 18.2 Å². The molecule has 2 aliphatic heterocycles. The van der Waals surface area contributed by atoms with E-state index in [1.807, 2.05) is 42.2 Å². The molecule has 2 saturated heterocycles. The zero-order valence-corrected chi connectivity index (χ0v) is 13.7. The fourth-order valence-corrected chi connectivity index (χ4v) is 3.93. The highest BCUT2D eigenvalue weighted by atomic mass is 16.2. The number of carbonyl (C=O) groups is 1. The number of anilines is 1. The molecule has 0 saturated carbocycles. The smallest absolute Gasteiger partial charge is 0.241 e. The molecule has 0 radical (unpaired) electrons. The summed E-state index contributed by atoms with van der Waals surface area (Å²) in [4.78, 5) is 16.8. The molecule has 0 spiro atoms. The van der Waals surface area contributed by atoms with E-state index in [-0.39, 0.29) is 5.91 Å². The third-order valence-corrected chi connectivity index (χ3v) is 5.14. The molecule has 2 heterocycles. The molecular formula is C18H27N3O. The van der Waals surface area contributed by atoms with Crippen molar-refractivity contribution in [2.75, 3.05) is 25.0 Å². The summed E-state index contributed by atoms with van der Waals surface area (Å²) in [7, 11) is 2.10. The van der Waals surface area contributed by atoms with E-state index in [2.05, 4.69) is 17.3 Å². The van der Waals surface area contributed by atoms with Crippen LogP contribution in [0.5, 0.6) is 0 Å². The number of likely N-dealkylation sites (N-methyl/N-ethyl adjacent to an activating group) is 2. The molecule has 1 amide bonds. The maximum atomic E-state index is 12.7. The van der Waals surface area contributed by atoms with Crippen LogP contribution in [0.25, 0.3) is 0 Å². The SMILES string of the molecule is CCN(C(=O)CN(C)C1CC2CCC(C1)N2)c1ccccc1. The lowest BCUT2D eigenvalue weighted by atomic mass is 9.98. The topological polar surface area (TPSA) is 35.6 Å². The predicted octanol–water partition coefficient (Wildman–Crippen LogP) is 2.25. The number of amides is 1. The van der Waals surface area contributed by atoms with Crippen molar-refractivity contribution >= 4 is 11.6 Å². The Morgan fingerprint density at radius 3 is 2.41 bits per heavy atom. The van der Waals surface area contributed by atoms with E-state index in [4.69, 9.17) is 0 Å². The number of piperidine rings is 1. The molecule has 1 aromatic carbocycles. The molecule has 0 aromatic heterocycles. The largest absolute Gasteiger partial charge is 0.312 e. The molecule has 2 bridgehead atoms. The molecule has 4 heteroatoms.